The van der Waals surface area contributed by atoms with E-state index in [0.29, 0.717) is 30.4 Å². The average molecular weight is 358 g/mol. The third-order valence-corrected chi connectivity index (χ3v) is 5.60. The first-order valence-corrected chi connectivity index (χ1v) is 9.31. The fourth-order valence-electron chi connectivity index (χ4n) is 4.48. The number of rotatable bonds is 3. The standard InChI is InChI=1S/C19H27F3N2O/c1-14-11-24(12-15(2)25-14)17-7-9-23(10-8-17)13-16-5-3-4-6-18(16)19(20,21)22/h3-6,14-15,17H,7-13H2,1-2H3/p+2/t14-,15-/m0/s1. The molecule has 0 saturated carbocycles. The Kier molecular flexibility index (Phi) is 5.71. The fourth-order valence-corrected chi connectivity index (χ4v) is 4.48. The first-order valence-electron chi connectivity index (χ1n) is 9.31. The number of piperidine rings is 1. The molecule has 0 bridgehead atoms. The van der Waals surface area contributed by atoms with Crippen molar-refractivity contribution in [2.24, 2.45) is 0 Å². The Balaban J connectivity index is 1.57. The van der Waals surface area contributed by atoms with Crippen LogP contribution in [0.15, 0.2) is 24.3 Å². The van der Waals surface area contributed by atoms with Crippen LogP contribution in [-0.4, -0.2) is 44.4 Å². The van der Waals surface area contributed by atoms with Gasteiger partial charge < -0.3 is 14.5 Å². The van der Waals surface area contributed by atoms with Gasteiger partial charge in [-0.05, 0) is 19.9 Å². The van der Waals surface area contributed by atoms with Gasteiger partial charge in [0.15, 0.2) is 0 Å². The van der Waals surface area contributed by atoms with Crippen molar-refractivity contribution in [1.82, 2.24) is 0 Å². The molecule has 2 aliphatic rings. The molecule has 0 unspecified atom stereocenters. The number of hydrogen-bond acceptors (Lipinski definition) is 1. The van der Waals surface area contributed by atoms with E-state index in [2.05, 4.69) is 13.8 Å². The topological polar surface area (TPSA) is 18.1 Å². The zero-order chi connectivity index (χ0) is 18.0. The van der Waals surface area contributed by atoms with Crippen molar-refractivity contribution in [2.75, 3.05) is 26.2 Å². The molecule has 25 heavy (non-hydrogen) atoms. The highest BCUT2D eigenvalue weighted by molar-refractivity contribution is 5.28. The minimum atomic E-state index is -4.27. The highest BCUT2D eigenvalue weighted by Crippen LogP contribution is 2.31. The number of halogens is 3. The molecule has 0 radical (unpaired) electrons. The predicted octanol–water partition coefficient (Wildman–Crippen LogP) is 0.945. The number of morpholine rings is 1. The number of benzene rings is 1. The second-order valence-electron chi connectivity index (χ2n) is 7.68. The number of hydrogen-bond donors (Lipinski definition) is 2. The van der Waals surface area contributed by atoms with Gasteiger partial charge >= 0.3 is 6.18 Å². The molecule has 2 aliphatic heterocycles. The summed E-state index contributed by atoms with van der Waals surface area (Å²) in [6.07, 6.45) is -1.51. The maximum atomic E-state index is 13.2. The molecule has 1 aromatic rings. The Labute approximate surface area is 147 Å². The van der Waals surface area contributed by atoms with Crippen molar-refractivity contribution < 1.29 is 27.7 Å². The SMILES string of the molecule is C[C@H]1C[NH+](C2CC[NH+](Cc3ccccc3C(F)(F)F)CC2)C[C@H](C)O1. The molecule has 2 heterocycles. The third kappa shape index (κ3) is 4.74. The Morgan fingerprint density at radius 3 is 2.24 bits per heavy atom. The summed E-state index contributed by atoms with van der Waals surface area (Å²) in [4.78, 5) is 2.88. The largest absolute Gasteiger partial charge is 0.416 e. The maximum Gasteiger partial charge on any atom is 0.416 e. The van der Waals surface area contributed by atoms with Crippen molar-refractivity contribution in [3.05, 3.63) is 35.4 Å². The Morgan fingerprint density at radius 2 is 1.64 bits per heavy atom. The van der Waals surface area contributed by atoms with E-state index in [1.165, 1.54) is 17.0 Å². The van der Waals surface area contributed by atoms with Gasteiger partial charge in [0.05, 0.1) is 24.7 Å². The van der Waals surface area contributed by atoms with E-state index in [-0.39, 0.29) is 0 Å². The first-order chi connectivity index (χ1) is 11.8. The normalized spacial score (nSPS) is 34.0. The highest BCUT2D eigenvalue weighted by Gasteiger charge is 2.37. The molecule has 3 nitrogen and oxygen atoms in total. The van der Waals surface area contributed by atoms with Crippen molar-refractivity contribution in [3.63, 3.8) is 0 Å². The summed E-state index contributed by atoms with van der Waals surface area (Å²) < 4.78 is 45.3. The van der Waals surface area contributed by atoms with E-state index in [0.717, 1.165) is 39.0 Å². The van der Waals surface area contributed by atoms with E-state index in [9.17, 15) is 13.2 Å². The van der Waals surface area contributed by atoms with Crippen LogP contribution >= 0.6 is 0 Å². The summed E-state index contributed by atoms with van der Waals surface area (Å²) in [5.74, 6) is 0. The summed E-state index contributed by atoms with van der Waals surface area (Å²) in [6.45, 7) is 8.71. The Hall–Kier alpha value is -1.11. The van der Waals surface area contributed by atoms with Gasteiger partial charge in [0.1, 0.15) is 31.8 Å². The molecule has 2 atom stereocenters. The van der Waals surface area contributed by atoms with E-state index in [1.54, 1.807) is 17.0 Å². The van der Waals surface area contributed by atoms with Crippen LogP contribution < -0.4 is 9.80 Å². The summed E-state index contributed by atoms with van der Waals surface area (Å²) >= 11 is 0. The van der Waals surface area contributed by atoms with Crippen molar-refractivity contribution in [1.29, 1.82) is 0 Å². The van der Waals surface area contributed by atoms with Gasteiger partial charge in [0.2, 0.25) is 0 Å². The summed E-state index contributed by atoms with van der Waals surface area (Å²) in [5.41, 5.74) is -0.0597. The molecule has 140 valence electrons. The fraction of sp³-hybridized carbons (Fsp3) is 0.684. The lowest BCUT2D eigenvalue weighted by atomic mass is 9.99. The summed E-state index contributed by atoms with van der Waals surface area (Å²) in [7, 11) is 0. The van der Waals surface area contributed by atoms with Crippen molar-refractivity contribution in [3.8, 4) is 0 Å². The summed E-state index contributed by atoms with van der Waals surface area (Å²) in [6, 6.07) is 6.62. The molecule has 0 spiro atoms. The van der Waals surface area contributed by atoms with Gasteiger partial charge in [-0.2, -0.15) is 13.2 Å². The molecule has 0 aromatic heterocycles. The first kappa shape index (κ1) is 18.7. The van der Waals surface area contributed by atoms with Crippen LogP contribution in [0.4, 0.5) is 13.2 Å². The molecular weight excluding hydrogens is 329 g/mol. The van der Waals surface area contributed by atoms with E-state index in [1.807, 2.05) is 0 Å². The monoisotopic (exact) mass is 358 g/mol. The second-order valence-corrected chi connectivity index (χ2v) is 7.68. The molecule has 1 aromatic carbocycles. The number of likely N-dealkylation sites (tertiary alicyclic amines) is 1. The minimum absolute atomic E-state index is 0.294. The lowest BCUT2D eigenvalue weighted by Crippen LogP contribution is -3.22. The van der Waals surface area contributed by atoms with E-state index < -0.39 is 11.7 Å². The number of nitrogens with one attached hydrogen (secondary N) is 2. The summed E-state index contributed by atoms with van der Waals surface area (Å²) in [5, 5.41) is 0. The van der Waals surface area contributed by atoms with Crippen LogP contribution in [0, 0.1) is 0 Å². The van der Waals surface area contributed by atoms with Gasteiger partial charge in [-0.3, -0.25) is 0 Å². The number of quaternary nitrogens is 2. The molecule has 2 fully saturated rings. The molecule has 0 aliphatic carbocycles. The van der Waals surface area contributed by atoms with Gasteiger partial charge in [-0.15, -0.1) is 0 Å². The Morgan fingerprint density at radius 1 is 1.04 bits per heavy atom. The third-order valence-electron chi connectivity index (χ3n) is 5.60. The van der Waals surface area contributed by atoms with Crippen LogP contribution in [0.3, 0.4) is 0 Å². The van der Waals surface area contributed by atoms with Crippen LogP contribution in [0.1, 0.15) is 37.8 Å². The minimum Gasteiger partial charge on any atom is -0.364 e. The molecular formula is C19H29F3N2O+2. The molecule has 0 amide bonds. The molecule has 2 N–H and O–H groups in total. The van der Waals surface area contributed by atoms with Crippen molar-refractivity contribution >= 4 is 0 Å². The molecule has 6 heteroatoms. The number of alkyl halides is 3. The zero-order valence-electron chi connectivity index (χ0n) is 15.0. The molecule has 2 saturated heterocycles. The van der Waals surface area contributed by atoms with Crippen LogP contribution in [0.5, 0.6) is 0 Å². The number of ether oxygens (including phenoxy) is 1. The van der Waals surface area contributed by atoms with Gasteiger partial charge in [-0.25, -0.2) is 0 Å². The van der Waals surface area contributed by atoms with Crippen LogP contribution in [0.25, 0.3) is 0 Å². The Bertz CT molecular complexity index is 560. The quantitative estimate of drug-likeness (QED) is 0.823. The van der Waals surface area contributed by atoms with Crippen LogP contribution in [-0.2, 0) is 17.5 Å². The predicted molar refractivity (Wildman–Crippen MR) is 89.6 cm³/mol. The van der Waals surface area contributed by atoms with Crippen molar-refractivity contribution in [2.45, 2.75) is 57.7 Å². The maximum absolute atomic E-state index is 13.2. The molecule has 3 rings (SSSR count). The highest BCUT2D eigenvalue weighted by atomic mass is 19.4. The van der Waals surface area contributed by atoms with E-state index >= 15 is 0 Å². The second kappa shape index (κ2) is 7.64. The van der Waals surface area contributed by atoms with Crippen LogP contribution in [0.2, 0.25) is 0 Å². The average Bonchev–Trinajstić information content (AvgIpc) is 2.54. The van der Waals surface area contributed by atoms with Gasteiger partial charge in [0.25, 0.3) is 0 Å². The van der Waals surface area contributed by atoms with Gasteiger partial charge in [-0.1, -0.05) is 18.2 Å². The lowest BCUT2D eigenvalue weighted by Gasteiger charge is -2.39. The smallest absolute Gasteiger partial charge is 0.364 e. The zero-order valence-corrected chi connectivity index (χ0v) is 15.0. The lowest BCUT2D eigenvalue weighted by molar-refractivity contribution is -0.970. The van der Waals surface area contributed by atoms with Gasteiger partial charge in [0, 0.05) is 18.4 Å². The van der Waals surface area contributed by atoms with E-state index in [4.69, 9.17) is 4.74 Å².